The fraction of sp³-hybridized carbons (Fsp3) is 0.294. The lowest BCUT2D eigenvalue weighted by Crippen LogP contribution is -2.25. The number of nitro benzene ring substituents is 1. The van der Waals surface area contributed by atoms with Gasteiger partial charge in [0.1, 0.15) is 0 Å². The second-order valence-electron chi connectivity index (χ2n) is 5.55. The SMILES string of the molecule is O=[N+]([O-])c1ccc(CN(Cc2ccccc2)C2CC2)cc1. The molecule has 0 N–H and O–H groups in total. The van der Waals surface area contributed by atoms with Crippen LogP contribution in [0.5, 0.6) is 0 Å². The predicted molar refractivity (Wildman–Crippen MR) is 81.8 cm³/mol. The zero-order chi connectivity index (χ0) is 14.7. The Morgan fingerprint density at radius 2 is 1.52 bits per heavy atom. The summed E-state index contributed by atoms with van der Waals surface area (Å²) in [5.74, 6) is 0. The van der Waals surface area contributed by atoms with Gasteiger partial charge in [0.2, 0.25) is 0 Å². The van der Waals surface area contributed by atoms with Crippen molar-refractivity contribution in [2.75, 3.05) is 0 Å². The van der Waals surface area contributed by atoms with E-state index in [9.17, 15) is 10.1 Å². The minimum atomic E-state index is -0.355. The Balaban J connectivity index is 1.69. The van der Waals surface area contributed by atoms with Crippen LogP contribution in [-0.4, -0.2) is 15.9 Å². The summed E-state index contributed by atoms with van der Waals surface area (Å²) in [6.07, 6.45) is 2.50. The van der Waals surface area contributed by atoms with Gasteiger partial charge >= 0.3 is 0 Å². The fourth-order valence-corrected chi connectivity index (χ4v) is 2.53. The van der Waals surface area contributed by atoms with E-state index in [0.717, 1.165) is 18.7 Å². The molecule has 2 aromatic carbocycles. The molecule has 0 aliphatic heterocycles. The summed E-state index contributed by atoms with van der Waals surface area (Å²) in [5, 5.41) is 10.7. The number of hydrogen-bond acceptors (Lipinski definition) is 3. The molecule has 4 heteroatoms. The average Bonchev–Trinajstić information content (AvgIpc) is 3.33. The van der Waals surface area contributed by atoms with Crippen LogP contribution in [0.15, 0.2) is 54.6 Å². The number of nitro groups is 1. The lowest BCUT2D eigenvalue weighted by atomic mass is 10.1. The van der Waals surface area contributed by atoms with Gasteiger partial charge in [-0.1, -0.05) is 42.5 Å². The normalized spacial score (nSPS) is 14.3. The first kappa shape index (κ1) is 13.8. The van der Waals surface area contributed by atoms with Crippen molar-refractivity contribution in [1.82, 2.24) is 4.90 Å². The first-order valence-corrected chi connectivity index (χ1v) is 7.24. The van der Waals surface area contributed by atoms with Crippen LogP contribution in [0.25, 0.3) is 0 Å². The number of non-ortho nitro benzene ring substituents is 1. The molecule has 0 unspecified atom stereocenters. The van der Waals surface area contributed by atoms with Gasteiger partial charge in [0.15, 0.2) is 0 Å². The van der Waals surface area contributed by atoms with Crippen molar-refractivity contribution >= 4 is 5.69 Å². The zero-order valence-electron chi connectivity index (χ0n) is 11.8. The maximum absolute atomic E-state index is 10.7. The molecular weight excluding hydrogens is 264 g/mol. The van der Waals surface area contributed by atoms with Crippen molar-refractivity contribution < 1.29 is 4.92 Å². The van der Waals surface area contributed by atoms with Crippen LogP contribution in [0, 0.1) is 10.1 Å². The molecule has 0 aromatic heterocycles. The second kappa shape index (κ2) is 6.06. The lowest BCUT2D eigenvalue weighted by molar-refractivity contribution is -0.384. The zero-order valence-corrected chi connectivity index (χ0v) is 11.8. The van der Waals surface area contributed by atoms with E-state index in [2.05, 4.69) is 29.2 Å². The highest BCUT2D eigenvalue weighted by atomic mass is 16.6. The molecule has 0 bridgehead atoms. The van der Waals surface area contributed by atoms with E-state index in [-0.39, 0.29) is 10.6 Å². The van der Waals surface area contributed by atoms with Crippen LogP contribution in [0.2, 0.25) is 0 Å². The van der Waals surface area contributed by atoms with Gasteiger partial charge in [-0.05, 0) is 24.0 Å². The van der Waals surface area contributed by atoms with E-state index in [1.54, 1.807) is 12.1 Å². The van der Waals surface area contributed by atoms with E-state index < -0.39 is 0 Å². The average molecular weight is 282 g/mol. The first-order valence-electron chi connectivity index (χ1n) is 7.24. The highest BCUT2D eigenvalue weighted by molar-refractivity contribution is 5.33. The Labute approximate surface area is 124 Å². The number of benzene rings is 2. The summed E-state index contributed by atoms with van der Waals surface area (Å²) in [5.41, 5.74) is 2.59. The molecule has 0 heterocycles. The van der Waals surface area contributed by atoms with Crippen LogP contribution in [0.1, 0.15) is 24.0 Å². The molecule has 21 heavy (non-hydrogen) atoms. The molecule has 0 atom stereocenters. The topological polar surface area (TPSA) is 46.4 Å². The molecule has 0 spiro atoms. The monoisotopic (exact) mass is 282 g/mol. The molecule has 1 saturated carbocycles. The predicted octanol–water partition coefficient (Wildman–Crippen LogP) is 3.76. The van der Waals surface area contributed by atoms with E-state index in [1.165, 1.54) is 18.4 Å². The third-order valence-electron chi connectivity index (χ3n) is 3.82. The second-order valence-corrected chi connectivity index (χ2v) is 5.55. The largest absolute Gasteiger partial charge is 0.292 e. The van der Waals surface area contributed by atoms with E-state index in [0.29, 0.717) is 6.04 Å². The Morgan fingerprint density at radius 1 is 0.952 bits per heavy atom. The molecule has 0 saturated heterocycles. The molecule has 108 valence electrons. The van der Waals surface area contributed by atoms with Crippen LogP contribution < -0.4 is 0 Å². The van der Waals surface area contributed by atoms with Gasteiger partial charge in [0.25, 0.3) is 5.69 Å². The van der Waals surface area contributed by atoms with Crippen LogP contribution in [-0.2, 0) is 13.1 Å². The number of hydrogen-bond donors (Lipinski definition) is 0. The molecular formula is C17H18N2O2. The number of rotatable bonds is 6. The molecule has 1 aliphatic rings. The highest BCUT2D eigenvalue weighted by Crippen LogP contribution is 2.30. The summed E-state index contributed by atoms with van der Waals surface area (Å²) < 4.78 is 0. The summed E-state index contributed by atoms with van der Waals surface area (Å²) >= 11 is 0. The Hall–Kier alpha value is -2.20. The maximum Gasteiger partial charge on any atom is 0.269 e. The quantitative estimate of drug-likeness (QED) is 0.598. The Bertz CT molecular complexity index is 606. The van der Waals surface area contributed by atoms with Gasteiger partial charge in [-0.15, -0.1) is 0 Å². The molecule has 2 aromatic rings. The van der Waals surface area contributed by atoms with Crippen LogP contribution in [0.4, 0.5) is 5.69 Å². The van der Waals surface area contributed by atoms with Gasteiger partial charge in [-0.2, -0.15) is 0 Å². The summed E-state index contributed by atoms with van der Waals surface area (Å²) in [7, 11) is 0. The van der Waals surface area contributed by atoms with Crippen molar-refractivity contribution in [3.05, 3.63) is 75.8 Å². The summed E-state index contributed by atoms with van der Waals surface area (Å²) in [6.45, 7) is 1.78. The van der Waals surface area contributed by atoms with Crippen LogP contribution in [0.3, 0.4) is 0 Å². The lowest BCUT2D eigenvalue weighted by Gasteiger charge is -2.22. The van der Waals surface area contributed by atoms with Crippen molar-refractivity contribution in [3.63, 3.8) is 0 Å². The summed E-state index contributed by atoms with van der Waals surface area (Å²) in [4.78, 5) is 12.8. The Morgan fingerprint density at radius 3 is 2.05 bits per heavy atom. The van der Waals surface area contributed by atoms with Gasteiger partial charge in [0.05, 0.1) is 4.92 Å². The minimum absolute atomic E-state index is 0.153. The van der Waals surface area contributed by atoms with Gasteiger partial charge < -0.3 is 0 Å². The molecule has 3 rings (SSSR count). The molecule has 1 aliphatic carbocycles. The minimum Gasteiger partial charge on any atom is -0.292 e. The van der Waals surface area contributed by atoms with E-state index in [1.807, 2.05) is 18.2 Å². The van der Waals surface area contributed by atoms with E-state index in [4.69, 9.17) is 0 Å². The number of nitrogens with zero attached hydrogens (tertiary/aromatic N) is 2. The molecule has 0 amide bonds. The van der Waals surface area contributed by atoms with Gasteiger partial charge in [0, 0.05) is 31.3 Å². The molecule has 4 nitrogen and oxygen atoms in total. The first-order chi connectivity index (χ1) is 10.2. The van der Waals surface area contributed by atoms with Crippen molar-refractivity contribution in [1.29, 1.82) is 0 Å². The fourth-order valence-electron chi connectivity index (χ4n) is 2.53. The van der Waals surface area contributed by atoms with Crippen molar-refractivity contribution in [2.45, 2.75) is 32.0 Å². The smallest absolute Gasteiger partial charge is 0.269 e. The Kier molecular flexibility index (Phi) is 3.97. The van der Waals surface area contributed by atoms with Gasteiger partial charge in [-0.25, -0.2) is 0 Å². The van der Waals surface area contributed by atoms with Crippen molar-refractivity contribution in [2.24, 2.45) is 0 Å². The standard InChI is InChI=1S/C17H18N2O2/c20-19(21)17-8-6-15(7-9-17)13-18(16-10-11-16)12-14-4-2-1-3-5-14/h1-9,16H,10-13H2. The highest BCUT2D eigenvalue weighted by Gasteiger charge is 2.28. The third kappa shape index (κ3) is 3.67. The molecule has 1 fully saturated rings. The van der Waals surface area contributed by atoms with E-state index >= 15 is 0 Å². The third-order valence-corrected chi connectivity index (χ3v) is 3.82. The van der Waals surface area contributed by atoms with Crippen LogP contribution >= 0.6 is 0 Å². The molecule has 0 radical (unpaired) electrons. The van der Waals surface area contributed by atoms with Crippen molar-refractivity contribution in [3.8, 4) is 0 Å². The maximum atomic E-state index is 10.7. The summed E-state index contributed by atoms with van der Waals surface area (Å²) in [6, 6.07) is 18.0. The van der Waals surface area contributed by atoms with Gasteiger partial charge in [-0.3, -0.25) is 15.0 Å².